The van der Waals surface area contributed by atoms with Crippen LogP contribution in [0.1, 0.15) is 18.6 Å². The lowest BCUT2D eigenvalue weighted by molar-refractivity contribution is 0.225. The molecule has 1 aromatic rings. The van der Waals surface area contributed by atoms with Gasteiger partial charge < -0.3 is 14.8 Å². The number of rotatable bonds is 6. The molecule has 0 spiro atoms. The summed E-state index contributed by atoms with van der Waals surface area (Å²) in [6, 6.07) is 3.03. The van der Waals surface area contributed by atoms with E-state index in [-0.39, 0.29) is 17.2 Å². The molecule has 0 radical (unpaired) electrons. The molecule has 0 bridgehead atoms. The molecule has 1 fully saturated rings. The summed E-state index contributed by atoms with van der Waals surface area (Å²) in [6.07, 6.45) is 1.87. The van der Waals surface area contributed by atoms with Gasteiger partial charge in [0.25, 0.3) is 10.0 Å². The van der Waals surface area contributed by atoms with Crippen molar-refractivity contribution < 1.29 is 17.9 Å². The van der Waals surface area contributed by atoms with E-state index in [1.54, 1.807) is 6.07 Å². The van der Waals surface area contributed by atoms with Crippen LogP contribution in [0.25, 0.3) is 0 Å². The van der Waals surface area contributed by atoms with Gasteiger partial charge in [-0.05, 0) is 32.0 Å². The zero-order valence-electron chi connectivity index (χ0n) is 9.56. The van der Waals surface area contributed by atoms with E-state index in [1.165, 1.54) is 13.1 Å². The molecule has 96 valence electrons. The number of aliphatic hydroxyl groups is 1. The van der Waals surface area contributed by atoms with E-state index in [9.17, 15) is 8.42 Å². The van der Waals surface area contributed by atoms with Crippen LogP contribution >= 0.6 is 0 Å². The molecule has 0 atom stereocenters. The predicted octanol–water partition coefficient (Wildman–Crippen LogP) is -0.198. The summed E-state index contributed by atoms with van der Waals surface area (Å²) in [5.41, 5.74) is -0.186. The summed E-state index contributed by atoms with van der Waals surface area (Å²) in [4.78, 5) is 0. The Hall–Kier alpha value is -0.890. The number of furan rings is 1. The lowest BCUT2D eigenvalue weighted by atomic mass is 10.3. The van der Waals surface area contributed by atoms with Crippen LogP contribution in [0.15, 0.2) is 21.6 Å². The number of sulfonamides is 1. The van der Waals surface area contributed by atoms with E-state index in [4.69, 9.17) is 9.52 Å². The molecule has 0 saturated heterocycles. The number of aliphatic hydroxyl groups excluding tert-OH is 1. The second-order valence-electron chi connectivity index (χ2n) is 4.22. The fourth-order valence-electron chi connectivity index (χ4n) is 1.51. The molecule has 1 aliphatic rings. The summed E-state index contributed by atoms with van der Waals surface area (Å²) < 4.78 is 30.2. The van der Waals surface area contributed by atoms with Crippen molar-refractivity contribution in [3.63, 3.8) is 0 Å². The van der Waals surface area contributed by atoms with Gasteiger partial charge in [-0.3, -0.25) is 0 Å². The van der Waals surface area contributed by atoms with Crippen molar-refractivity contribution in [1.82, 2.24) is 10.0 Å². The molecule has 7 heteroatoms. The van der Waals surface area contributed by atoms with Crippen molar-refractivity contribution in [3.8, 4) is 0 Å². The quantitative estimate of drug-likeness (QED) is 0.659. The Morgan fingerprint density at radius 3 is 2.71 bits per heavy atom. The zero-order valence-corrected chi connectivity index (χ0v) is 10.4. The van der Waals surface area contributed by atoms with Crippen LogP contribution in [0.3, 0.4) is 0 Å². The van der Waals surface area contributed by atoms with Gasteiger partial charge in [0.15, 0.2) is 0 Å². The Morgan fingerprint density at radius 1 is 1.47 bits per heavy atom. The van der Waals surface area contributed by atoms with Crippen LogP contribution < -0.4 is 10.0 Å². The van der Waals surface area contributed by atoms with Gasteiger partial charge in [-0.2, -0.15) is 0 Å². The minimum absolute atomic E-state index is 0.0920. The molecule has 3 N–H and O–H groups in total. The summed E-state index contributed by atoms with van der Waals surface area (Å²) in [6.45, 7) is 0.509. The minimum atomic E-state index is -3.51. The van der Waals surface area contributed by atoms with Crippen LogP contribution in [0.5, 0.6) is 0 Å². The first kappa shape index (κ1) is 12.6. The normalized spacial score (nSPS) is 18.2. The van der Waals surface area contributed by atoms with E-state index in [2.05, 4.69) is 10.0 Å². The van der Waals surface area contributed by atoms with Gasteiger partial charge in [0, 0.05) is 5.54 Å². The highest BCUT2D eigenvalue weighted by Gasteiger charge is 2.41. The van der Waals surface area contributed by atoms with E-state index >= 15 is 0 Å². The van der Waals surface area contributed by atoms with Gasteiger partial charge >= 0.3 is 0 Å². The molecule has 0 unspecified atom stereocenters. The third-order valence-electron chi connectivity index (χ3n) is 2.96. The van der Waals surface area contributed by atoms with Gasteiger partial charge in [0.1, 0.15) is 5.76 Å². The van der Waals surface area contributed by atoms with Crippen LogP contribution in [0.4, 0.5) is 0 Å². The van der Waals surface area contributed by atoms with Crippen molar-refractivity contribution in [2.24, 2.45) is 0 Å². The van der Waals surface area contributed by atoms with Gasteiger partial charge in [0.05, 0.1) is 13.2 Å². The Bertz CT molecular complexity index is 490. The molecule has 0 amide bonds. The maximum absolute atomic E-state index is 11.4. The van der Waals surface area contributed by atoms with Crippen molar-refractivity contribution in [2.45, 2.75) is 30.0 Å². The summed E-state index contributed by atoms with van der Waals surface area (Å²) in [5, 5.41) is 12.2. The molecule has 1 saturated carbocycles. The molecule has 6 nitrogen and oxygen atoms in total. The second kappa shape index (κ2) is 4.41. The van der Waals surface area contributed by atoms with Crippen molar-refractivity contribution in [3.05, 3.63) is 17.9 Å². The summed E-state index contributed by atoms with van der Waals surface area (Å²) in [5.74, 6) is 0.540. The van der Waals surface area contributed by atoms with Crippen molar-refractivity contribution in [1.29, 1.82) is 0 Å². The Kier molecular flexibility index (Phi) is 3.26. The minimum Gasteiger partial charge on any atom is -0.447 e. The highest BCUT2D eigenvalue weighted by Crippen LogP contribution is 2.34. The van der Waals surface area contributed by atoms with Gasteiger partial charge in [-0.25, -0.2) is 13.1 Å². The molecule has 1 heterocycles. The van der Waals surface area contributed by atoms with Crippen LogP contribution in [-0.4, -0.2) is 32.7 Å². The highest BCUT2D eigenvalue weighted by molar-refractivity contribution is 7.89. The maximum atomic E-state index is 11.4. The smallest absolute Gasteiger partial charge is 0.273 e. The van der Waals surface area contributed by atoms with E-state index in [1.807, 2.05) is 0 Å². The van der Waals surface area contributed by atoms with Crippen LogP contribution in [-0.2, 0) is 16.6 Å². The molecule has 2 rings (SSSR count). The highest BCUT2D eigenvalue weighted by atomic mass is 32.2. The summed E-state index contributed by atoms with van der Waals surface area (Å²) in [7, 11) is -2.18. The number of hydrogen-bond donors (Lipinski definition) is 3. The zero-order chi connectivity index (χ0) is 12.5. The number of hydrogen-bond acceptors (Lipinski definition) is 5. The largest absolute Gasteiger partial charge is 0.447 e. The molecular weight excluding hydrogens is 244 g/mol. The summed E-state index contributed by atoms with van der Waals surface area (Å²) >= 11 is 0. The van der Waals surface area contributed by atoms with Gasteiger partial charge in [-0.15, -0.1) is 0 Å². The first-order valence-electron chi connectivity index (χ1n) is 5.39. The lowest BCUT2D eigenvalue weighted by Gasteiger charge is -2.12. The predicted molar refractivity (Wildman–Crippen MR) is 60.8 cm³/mol. The topological polar surface area (TPSA) is 91.6 Å². The van der Waals surface area contributed by atoms with Crippen LogP contribution in [0.2, 0.25) is 0 Å². The fraction of sp³-hybridized carbons (Fsp3) is 0.600. The maximum Gasteiger partial charge on any atom is 0.273 e. The van der Waals surface area contributed by atoms with E-state index < -0.39 is 10.0 Å². The molecule has 1 aromatic heterocycles. The Morgan fingerprint density at radius 2 is 2.18 bits per heavy atom. The monoisotopic (exact) mass is 260 g/mol. The SMILES string of the molecule is CNS(=O)(=O)c1ccc(CNC2(CO)CC2)o1. The van der Waals surface area contributed by atoms with Gasteiger partial charge in [-0.1, -0.05) is 0 Å². The molecule has 0 aliphatic heterocycles. The van der Waals surface area contributed by atoms with E-state index in [0.717, 1.165) is 12.8 Å². The Balaban J connectivity index is 2.00. The molecule has 17 heavy (non-hydrogen) atoms. The molecule has 0 aromatic carbocycles. The average Bonchev–Trinajstić information content (AvgIpc) is 2.95. The van der Waals surface area contributed by atoms with Gasteiger partial charge in [0.2, 0.25) is 5.09 Å². The first-order chi connectivity index (χ1) is 8.01. The number of nitrogens with one attached hydrogen (secondary N) is 2. The van der Waals surface area contributed by atoms with Crippen LogP contribution in [0, 0.1) is 0 Å². The standard InChI is InChI=1S/C10H16N2O4S/c1-11-17(14,15)9-3-2-8(16-9)6-12-10(7-13)4-5-10/h2-3,11-13H,4-7H2,1H3. The Labute approximate surface area is 100 Å². The van der Waals surface area contributed by atoms with Crippen molar-refractivity contribution in [2.75, 3.05) is 13.7 Å². The molecule has 1 aliphatic carbocycles. The average molecular weight is 260 g/mol. The fourth-order valence-corrected chi connectivity index (χ4v) is 2.18. The second-order valence-corrected chi connectivity index (χ2v) is 6.04. The van der Waals surface area contributed by atoms with Crippen molar-refractivity contribution >= 4 is 10.0 Å². The molecular formula is C10H16N2O4S. The third-order valence-corrected chi connectivity index (χ3v) is 4.25. The first-order valence-corrected chi connectivity index (χ1v) is 6.88. The lowest BCUT2D eigenvalue weighted by Crippen LogP contribution is -2.33. The van der Waals surface area contributed by atoms with E-state index in [0.29, 0.717) is 12.3 Å². The third kappa shape index (κ3) is 2.68.